The normalized spacial score (nSPS) is 11.4. The van der Waals surface area contributed by atoms with Gasteiger partial charge in [-0.25, -0.2) is 4.98 Å². The Kier molecular flexibility index (Phi) is 4.98. The van der Waals surface area contributed by atoms with Crippen LogP contribution in [0.4, 0.5) is 0 Å². The van der Waals surface area contributed by atoms with Crippen molar-refractivity contribution in [1.82, 2.24) is 20.5 Å². The number of nitrogens with one attached hydrogen (secondary N) is 1. The van der Waals surface area contributed by atoms with Gasteiger partial charge < -0.3 is 9.73 Å². The summed E-state index contributed by atoms with van der Waals surface area (Å²) in [5.41, 5.74) is 0.676. The van der Waals surface area contributed by atoms with Crippen LogP contribution in [0.3, 0.4) is 0 Å². The quantitative estimate of drug-likeness (QED) is 0.713. The van der Waals surface area contributed by atoms with Gasteiger partial charge in [-0.05, 0) is 44.2 Å². The number of carbonyl (C=O) groups excluding carboxylic acids is 1. The van der Waals surface area contributed by atoms with Gasteiger partial charge in [0.1, 0.15) is 11.2 Å². The fraction of sp³-hybridized carbons (Fsp3) is 0.222. The molecule has 3 aromatic rings. The van der Waals surface area contributed by atoms with Gasteiger partial charge in [0.2, 0.25) is 11.8 Å². The van der Waals surface area contributed by atoms with Crippen molar-refractivity contribution < 1.29 is 9.21 Å². The van der Waals surface area contributed by atoms with E-state index in [4.69, 9.17) is 27.6 Å². The summed E-state index contributed by atoms with van der Waals surface area (Å²) in [7, 11) is 0. The number of hydrogen-bond donors (Lipinski definition) is 1. The van der Waals surface area contributed by atoms with E-state index in [0.717, 1.165) is 0 Å². The number of pyridine rings is 1. The third kappa shape index (κ3) is 3.86. The molecule has 1 amide bonds. The first-order valence-electron chi connectivity index (χ1n) is 7.82. The maximum absolute atomic E-state index is 12.6. The number of benzene rings is 1. The van der Waals surface area contributed by atoms with Crippen LogP contribution in [0.25, 0.3) is 11.3 Å². The Morgan fingerprint density at radius 1 is 1.15 bits per heavy atom. The molecule has 0 radical (unpaired) electrons. The van der Waals surface area contributed by atoms with Crippen molar-refractivity contribution in [3.8, 4) is 11.3 Å². The molecule has 0 atom stereocenters. The third-order valence-corrected chi connectivity index (χ3v) is 4.22. The Morgan fingerprint density at radius 3 is 2.58 bits per heavy atom. The van der Waals surface area contributed by atoms with Crippen LogP contribution in [0.5, 0.6) is 0 Å². The number of carbonyl (C=O) groups is 1. The molecule has 0 aliphatic heterocycles. The Morgan fingerprint density at radius 2 is 1.92 bits per heavy atom. The summed E-state index contributed by atoms with van der Waals surface area (Å²) < 4.78 is 5.42. The standard InChI is InChI=1S/C18H16Cl2N4O2/c1-10-23-24-17(26-10)18(2,3)22-16(25)15-6-4-5-14(21-15)12-8-7-11(19)9-13(12)20/h4-9H,1-3H3,(H,22,25). The van der Waals surface area contributed by atoms with Crippen LogP contribution < -0.4 is 5.32 Å². The fourth-order valence-electron chi connectivity index (χ4n) is 2.36. The van der Waals surface area contributed by atoms with Gasteiger partial charge in [0.15, 0.2) is 0 Å². The summed E-state index contributed by atoms with van der Waals surface area (Å²) >= 11 is 12.2. The van der Waals surface area contributed by atoms with Gasteiger partial charge in [-0.1, -0.05) is 29.3 Å². The van der Waals surface area contributed by atoms with Crippen LogP contribution in [-0.4, -0.2) is 21.1 Å². The first kappa shape index (κ1) is 18.4. The molecule has 0 unspecified atom stereocenters. The predicted octanol–water partition coefficient (Wildman–Crippen LogP) is 4.41. The van der Waals surface area contributed by atoms with Gasteiger partial charge in [-0.15, -0.1) is 10.2 Å². The fourth-order valence-corrected chi connectivity index (χ4v) is 2.86. The predicted molar refractivity (Wildman–Crippen MR) is 99.2 cm³/mol. The molecule has 26 heavy (non-hydrogen) atoms. The Bertz CT molecular complexity index is 969. The maximum Gasteiger partial charge on any atom is 0.270 e. The van der Waals surface area contributed by atoms with E-state index in [9.17, 15) is 4.79 Å². The van der Waals surface area contributed by atoms with Crippen molar-refractivity contribution in [3.63, 3.8) is 0 Å². The van der Waals surface area contributed by atoms with Crippen LogP contribution in [0.2, 0.25) is 10.0 Å². The van der Waals surface area contributed by atoms with Crippen LogP contribution in [0, 0.1) is 6.92 Å². The van der Waals surface area contributed by atoms with Crippen LogP contribution in [-0.2, 0) is 5.54 Å². The average molecular weight is 391 g/mol. The first-order chi connectivity index (χ1) is 12.3. The van der Waals surface area contributed by atoms with Gasteiger partial charge >= 0.3 is 0 Å². The number of nitrogens with zero attached hydrogens (tertiary/aromatic N) is 3. The SMILES string of the molecule is Cc1nnc(C(C)(C)NC(=O)c2cccc(-c3ccc(Cl)cc3Cl)n2)o1. The molecule has 0 spiro atoms. The molecule has 8 heteroatoms. The van der Waals surface area contributed by atoms with Gasteiger partial charge in [0, 0.05) is 17.5 Å². The molecule has 0 aliphatic rings. The smallest absolute Gasteiger partial charge is 0.270 e. The maximum atomic E-state index is 12.6. The van der Waals surface area contributed by atoms with Crippen LogP contribution >= 0.6 is 23.2 Å². The second kappa shape index (κ2) is 7.05. The number of aryl methyl sites for hydroxylation is 1. The zero-order chi connectivity index (χ0) is 18.9. The minimum absolute atomic E-state index is 0.248. The minimum atomic E-state index is -0.839. The molecule has 0 saturated carbocycles. The molecule has 3 rings (SSSR count). The zero-order valence-electron chi connectivity index (χ0n) is 14.4. The average Bonchev–Trinajstić information content (AvgIpc) is 3.02. The zero-order valence-corrected chi connectivity index (χ0v) is 15.9. The number of amides is 1. The second-order valence-corrected chi connectivity index (χ2v) is 7.08. The molecular weight excluding hydrogens is 375 g/mol. The number of rotatable bonds is 4. The lowest BCUT2D eigenvalue weighted by molar-refractivity contribution is 0.0893. The summed E-state index contributed by atoms with van der Waals surface area (Å²) in [4.78, 5) is 17.1. The summed E-state index contributed by atoms with van der Waals surface area (Å²) in [5, 5.41) is 11.6. The summed E-state index contributed by atoms with van der Waals surface area (Å²) in [5.74, 6) is 0.387. The number of halogens is 2. The molecule has 1 N–H and O–H groups in total. The van der Waals surface area contributed by atoms with E-state index in [1.54, 1.807) is 57.2 Å². The largest absolute Gasteiger partial charge is 0.423 e. The van der Waals surface area contributed by atoms with Gasteiger partial charge in [0.25, 0.3) is 5.91 Å². The molecule has 0 saturated heterocycles. The summed E-state index contributed by atoms with van der Waals surface area (Å²) in [6.45, 7) is 5.24. The Balaban J connectivity index is 1.87. The molecule has 0 bridgehead atoms. The van der Waals surface area contributed by atoms with E-state index in [1.807, 2.05) is 0 Å². The number of hydrogen-bond acceptors (Lipinski definition) is 5. The van der Waals surface area contributed by atoms with E-state index in [1.165, 1.54) is 0 Å². The van der Waals surface area contributed by atoms with Gasteiger partial charge in [-0.3, -0.25) is 4.79 Å². The van der Waals surface area contributed by atoms with Crippen molar-refractivity contribution in [2.75, 3.05) is 0 Å². The monoisotopic (exact) mass is 390 g/mol. The van der Waals surface area contributed by atoms with E-state index in [2.05, 4.69) is 20.5 Å². The Hall–Kier alpha value is -2.44. The van der Waals surface area contributed by atoms with E-state index in [0.29, 0.717) is 33.1 Å². The highest BCUT2D eigenvalue weighted by molar-refractivity contribution is 6.36. The van der Waals surface area contributed by atoms with Crippen molar-refractivity contribution in [2.24, 2.45) is 0 Å². The molecule has 2 aromatic heterocycles. The minimum Gasteiger partial charge on any atom is -0.423 e. The highest BCUT2D eigenvalue weighted by atomic mass is 35.5. The molecule has 2 heterocycles. The lowest BCUT2D eigenvalue weighted by Crippen LogP contribution is -2.41. The van der Waals surface area contributed by atoms with Crippen LogP contribution in [0.15, 0.2) is 40.8 Å². The molecule has 0 fully saturated rings. The summed E-state index contributed by atoms with van der Waals surface area (Å²) in [6.07, 6.45) is 0. The van der Waals surface area contributed by atoms with Gasteiger partial charge in [-0.2, -0.15) is 0 Å². The summed E-state index contributed by atoms with van der Waals surface area (Å²) in [6, 6.07) is 10.3. The van der Waals surface area contributed by atoms with Crippen molar-refractivity contribution >= 4 is 29.1 Å². The highest BCUT2D eigenvalue weighted by Crippen LogP contribution is 2.29. The molecule has 0 aliphatic carbocycles. The van der Waals surface area contributed by atoms with Crippen molar-refractivity contribution in [2.45, 2.75) is 26.3 Å². The molecular formula is C18H16Cl2N4O2. The molecule has 1 aromatic carbocycles. The first-order valence-corrected chi connectivity index (χ1v) is 8.57. The van der Waals surface area contributed by atoms with E-state index < -0.39 is 5.54 Å². The topological polar surface area (TPSA) is 80.9 Å². The molecule has 134 valence electrons. The Labute approximate surface area is 160 Å². The number of aromatic nitrogens is 3. The lowest BCUT2D eigenvalue weighted by atomic mass is 10.1. The van der Waals surface area contributed by atoms with Crippen LogP contribution in [0.1, 0.15) is 36.1 Å². The van der Waals surface area contributed by atoms with Gasteiger partial charge in [0.05, 0.1) is 10.7 Å². The lowest BCUT2D eigenvalue weighted by Gasteiger charge is -2.21. The highest BCUT2D eigenvalue weighted by Gasteiger charge is 2.29. The van der Waals surface area contributed by atoms with Crippen molar-refractivity contribution in [1.29, 1.82) is 0 Å². The molecule has 6 nitrogen and oxygen atoms in total. The van der Waals surface area contributed by atoms with E-state index >= 15 is 0 Å². The van der Waals surface area contributed by atoms with E-state index in [-0.39, 0.29) is 11.6 Å². The van der Waals surface area contributed by atoms with Crippen molar-refractivity contribution in [3.05, 3.63) is 63.9 Å². The third-order valence-electron chi connectivity index (χ3n) is 3.68. The second-order valence-electron chi connectivity index (χ2n) is 6.24.